The molecular weight excluding hydrogens is 338 g/mol. The first-order chi connectivity index (χ1) is 13.3. The van der Waals surface area contributed by atoms with Crippen LogP contribution in [0.15, 0.2) is 101 Å². The summed E-state index contributed by atoms with van der Waals surface area (Å²) in [5, 5.41) is 8.62. The molecule has 2 aliphatic heterocycles. The maximum absolute atomic E-state index is 13.8. The molecule has 0 saturated carbocycles. The second-order valence-corrected chi connectivity index (χ2v) is 6.58. The Balaban J connectivity index is 1.79. The van der Waals surface area contributed by atoms with Gasteiger partial charge in [-0.2, -0.15) is 5.11 Å². The highest BCUT2D eigenvalue weighted by molar-refractivity contribution is 6.13. The van der Waals surface area contributed by atoms with E-state index in [2.05, 4.69) is 10.2 Å². The van der Waals surface area contributed by atoms with Crippen LogP contribution in [-0.4, -0.2) is 18.5 Å². The number of amides is 1. The third-order valence-electron chi connectivity index (χ3n) is 5.27. The Morgan fingerprint density at radius 3 is 1.78 bits per heavy atom. The number of β-lactam (4-membered cyclic amide) rings is 1. The number of hydrogen-bond donors (Lipinski definition) is 0. The number of benzene rings is 3. The molecule has 132 valence electrons. The molecule has 0 bridgehead atoms. The largest absolute Gasteiger partial charge is 0.309 e. The number of carbonyl (C=O) groups is 1. The summed E-state index contributed by atoms with van der Waals surface area (Å²) in [4.78, 5) is 15.4. The molecule has 1 unspecified atom stereocenters. The summed E-state index contributed by atoms with van der Waals surface area (Å²) in [7, 11) is 0. The highest BCUT2D eigenvalue weighted by Crippen LogP contribution is 2.58. The van der Waals surface area contributed by atoms with Gasteiger partial charge in [0.05, 0.1) is 0 Å². The Morgan fingerprint density at radius 2 is 1.30 bits per heavy atom. The summed E-state index contributed by atoms with van der Waals surface area (Å²) in [6, 6.07) is 28.9. The van der Waals surface area contributed by atoms with Crippen LogP contribution in [0.25, 0.3) is 0 Å². The minimum absolute atomic E-state index is 0.0769. The van der Waals surface area contributed by atoms with Gasteiger partial charge in [-0.3, -0.25) is 9.69 Å². The summed E-state index contributed by atoms with van der Waals surface area (Å²) in [5.41, 5.74) is 1.35. The minimum Gasteiger partial charge on any atom is -0.309 e. The lowest BCUT2D eigenvalue weighted by Gasteiger charge is -2.59. The van der Waals surface area contributed by atoms with Crippen LogP contribution in [0, 0.1) is 0 Å². The molecule has 1 spiro atoms. The van der Waals surface area contributed by atoms with Gasteiger partial charge in [0.1, 0.15) is 0 Å². The molecule has 0 aliphatic carbocycles. The molecule has 0 aromatic heterocycles. The number of nitrogens with zero attached hydrogens (tertiary/aromatic N) is 3. The summed E-state index contributed by atoms with van der Waals surface area (Å²) in [6.07, 6.45) is 0. The van der Waals surface area contributed by atoms with Gasteiger partial charge >= 0.3 is 0 Å². The molecule has 2 aliphatic rings. The maximum Gasteiger partial charge on any atom is 0.289 e. The van der Waals surface area contributed by atoms with Gasteiger partial charge in [0.15, 0.2) is 12.1 Å². The first kappa shape index (κ1) is 15.9. The van der Waals surface area contributed by atoms with Crippen LogP contribution in [0.3, 0.4) is 0 Å². The van der Waals surface area contributed by atoms with Gasteiger partial charge in [-0.05, 0) is 23.3 Å². The lowest BCUT2D eigenvalue weighted by molar-refractivity contribution is -0.162. The molecule has 27 heavy (non-hydrogen) atoms. The third-order valence-corrected chi connectivity index (χ3v) is 5.27. The summed E-state index contributed by atoms with van der Waals surface area (Å²) < 4.78 is 6.11. The van der Waals surface area contributed by atoms with Crippen molar-refractivity contribution in [1.82, 2.24) is 0 Å². The normalized spacial score (nSPS) is 22.8. The van der Waals surface area contributed by atoms with E-state index in [-0.39, 0.29) is 12.6 Å². The van der Waals surface area contributed by atoms with Gasteiger partial charge in [0, 0.05) is 5.69 Å². The molecule has 0 radical (unpaired) electrons. The first-order valence-electron chi connectivity index (χ1n) is 8.84. The molecule has 1 atom stereocenters. The van der Waals surface area contributed by atoms with Crippen LogP contribution in [0.4, 0.5) is 5.69 Å². The second-order valence-electron chi connectivity index (χ2n) is 6.58. The lowest BCUT2D eigenvalue weighted by atomic mass is 9.62. The van der Waals surface area contributed by atoms with Crippen molar-refractivity contribution < 1.29 is 9.53 Å². The zero-order valence-corrected chi connectivity index (χ0v) is 14.5. The molecule has 3 aromatic rings. The lowest BCUT2D eigenvalue weighted by Crippen LogP contribution is -2.80. The van der Waals surface area contributed by atoms with Gasteiger partial charge in [0.25, 0.3) is 11.8 Å². The molecule has 1 saturated heterocycles. The standard InChI is InChI=1S/C22H17N3O2/c26-20-21(17-10-4-1-5-11-17,18-12-6-2-7-13-18)22(24-23-16-27-22)25(20)19-14-8-3-9-15-19/h1-15H,16H2. The molecule has 5 nitrogen and oxygen atoms in total. The summed E-state index contributed by atoms with van der Waals surface area (Å²) in [6.45, 7) is 0.123. The zero-order chi connectivity index (χ0) is 18.3. The quantitative estimate of drug-likeness (QED) is 0.664. The Kier molecular flexibility index (Phi) is 3.45. The number of ether oxygens (including phenoxy) is 1. The molecule has 1 amide bonds. The Hall–Kier alpha value is -3.31. The molecule has 1 fully saturated rings. The predicted octanol–water partition coefficient (Wildman–Crippen LogP) is 4.11. The van der Waals surface area contributed by atoms with E-state index in [9.17, 15) is 4.79 Å². The first-order valence-corrected chi connectivity index (χ1v) is 8.84. The SMILES string of the molecule is O=C1N(c2ccccc2)C2(N=NCO2)C1(c1ccccc1)c1ccccc1. The fourth-order valence-electron chi connectivity index (χ4n) is 4.16. The van der Waals surface area contributed by atoms with E-state index in [1.807, 2.05) is 91.0 Å². The number of carbonyl (C=O) groups excluding carboxylic acids is 1. The van der Waals surface area contributed by atoms with Gasteiger partial charge in [-0.15, -0.1) is 5.11 Å². The van der Waals surface area contributed by atoms with Crippen molar-refractivity contribution in [2.75, 3.05) is 11.6 Å². The number of rotatable bonds is 3. The molecule has 5 heteroatoms. The average molecular weight is 355 g/mol. The van der Waals surface area contributed by atoms with Crippen LogP contribution < -0.4 is 4.90 Å². The molecular formula is C22H17N3O2. The third kappa shape index (κ3) is 1.94. The van der Waals surface area contributed by atoms with Crippen molar-refractivity contribution in [2.24, 2.45) is 10.2 Å². The molecule has 0 N–H and O–H groups in total. The fourth-order valence-corrected chi connectivity index (χ4v) is 4.16. The van der Waals surface area contributed by atoms with Gasteiger partial charge in [-0.1, -0.05) is 78.9 Å². The van der Waals surface area contributed by atoms with Crippen LogP contribution in [0.2, 0.25) is 0 Å². The van der Waals surface area contributed by atoms with Crippen molar-refractivity contribution in [1.29, 1.82) is 0 Å². The minimum atomic E-state index is -1.23. The van der Waals surface area contributed by atoms with Crippen LogP contribution in [-0.2, 0) is 14.9 Å². The highest BCUT2D eigenvalue weighted by Gasteiger charge is 2.77. The fraction of sp³-hybridized carbons (Fsp3) is 0.136. The van der Waals surface area contributed by atoms with Crippen LogP contribution >= 0.6 is 0 Å². The molecule has 2 heterocycles. The van der Waals surface area contributed by atoms with Crippen LogP contribution in [0.1, 0.15) is 11.1 Å². The van der Waals surface area contributed by atoms with E-state index >= 15 is 0 Å². The molecule has 3 aromatic carbocycles. The zero-order valence-electron chi connectivity index (χ0n) is 14.5. The van der Waals surface area contributed by atoms with Gasteiger partial charge < -0.3 is 4.74 Å². The average Bonchev–Trinajstić information content (AvgIpc) is 3.23. The summed E-state index contributed by atoms with van der Waals surface area (Å²) in [5.74, 6) is -1.30. The van der Waals surface area contributed by atoms with E-state index in [4.69, 9.17) is 4.74 Å². The van der Waals surface area contributed by atoms with E-state index in [0.29, 0.717) is 0 Å². The number of azo groups is 1. The second kappa shape index (κ2) is 5.86. The summed E-state index contributed by atoms with van der Waals surface area (Å²) >= 11 is 0. The Morgan fingerprint density at radius 1 is 0.778 bits per heavy atom. The van der Waals surface area contributed by atoms with E-state index in [0.717, 1.165) is 16.8 Å². The van der Waals surface area contributed by atoms with Crippen molar-refractivity contribution in [3.63, 3.8) is 0 Å². The highest BCUT2D eigenvalue weighted by atomic mass is 16.6. The van der Waals surface area contributed by atoms with Crippen LogP contribution in [0.5, 0.6) is 0 Å². The van der Waals surface area contributed by atoms with E-state index < -0.39 is 11.3 Å². The van der Waals surface area contributed by atoms with E-state index in [1.165, 1.54) is 0 Å². The Bertz CT molecular complexity index is 966. The predicted molar refractivity (Wildman–Crippen MR) is 101 cm³/mol. The molecule has 5 rings (SSSR count). The van der Waals surface area contributed by atoms with Crippen molar-refractivity contribution in [3.8, 4) is 0 Å². The van der Waals surface area contributed by atoms with Crippen molar-refractivity contribution >= 4 is 11.6 Å². The Labute approximate surface area is 156 Å². The smallest absolute Gasteiger partial charge is 0.289 e. The van der Waals surface area contributed by atoms with E-state index in [1.54, 1.807) is 4.90 Å². The number of hydrogen-bond acceptors (Lipinski definition) is 4. The van der Waals surface area contributed by atoms with Gasteiger partial charge in [-0.25, -0.2) is 0 Å². The number of anilines is 1. The van der Waals surface area contributed by atoms with Crippen molar-refractivity contribution in [2.45, 2.75) is 11.3 Å². The monoisotopic (exact) mass is 355 g/mol. The maximum atomic E-state index is 13.8. The number of para-hydroxylation sites is 1. The van der Waals surface area contributed by atoms with Crippen molar-refractivity contribution in [3.05, 3.63) is 102 Å². The topological polar surface area (TPSA) is 54.3 Å². The van der Waals surface area contributed by atoms with Gasteiger partial charge in [0.2, 0.25) is 0 Å².